The highest BCUT2D eigenvalue weighted by molar-refractivity contribution is 6.15. The standard InChI is InChI=1S/C42H42N4O6/c1-21(2)31-27-17-23(5)33(39(49)35(27)29(37(47)41(31)51)19-43-45-25-13-9-7-10-14-25)34-24(6)18-28-32(22(3)4)42(52)38(48)30(36(28)40(34)50)20-44-46-26-15-11-8-12-16-26/h7-22,45-52H,1-6H3/b43-19+,44-20+. The van der Waals surface area contributed by atoms with Crippen LogP contribution in [-0.2, 0) is 0 Å². The third-order valence-electron chi connectivity index (χ3n) is 9.31. The summed E-state index contributed by atoms with van der Waals surface area (Å²) in [4.78, 5) is 0. The zero-order valence-electron chi connectivity index (χ0n) is 29.8. The monoisotopic (exact) mass is 698 g/mol. The Kier molecular flexibility index (Phi) is 9.58. The third-order valence-corrected chi connectivity index (χ3v) is 9.31. The van der Waals surface area contributed by atoms with Gasteiger partial charge in [-0.3, -0.25) is 10.9 Å². The molecule has 0 aromatic heterocycles. The molecular weight excluding hydrogens is 656 g/mol. The van der Waals surface area contributed by atoms with Crippen molar-refractivity contribution in [2.75, 3.05) is 10.9 Å². The van der Waals surface area contributed by atoms with Crippen LogP contribution in [0.3, 0.4) is 0 Å². The van der Waals surface area contributed by atoms with Gasteiger partial charge in [-0.05, 0) is 71.8 Å². The number of fused-ring (bicyclic) bond motifs is 2. The van der Waals surface area contributed by atoms with Crippen molar-refractivity contribution in [1.82, 2.24) is 0 Å². The first-order valence-electron chi connectivity index (χ1n) is 17.0. The molecule has 0 saturated heterocycles. The quantitative estimate of drug-likeness (QED) is 0.0419. The molecule has 52 heavy (non-hydrogen) atoms. The van der Waals surface area contributed by atoms with E-state index in [-0.39, 0.29) is 67.9 Å². The zero-order valence-corrected chi connectivity index (χ0v) is 29.8. The molecule has 266 valence electrons. The van der Waals surface area contributed by atoms with Crippen molar-refractivity contribution in [1.29, 1.82) is 0 Å². The molecule has 6 aromatic carbocycles. The van der Waals surface area contributed by atoms with Crippen molar-refractivity contribution in [3.8, 4) is 45.6 Å². The highest BCUT2D eigenvalue weighted by Crippen LogP contribution is 2.54. The Balaban J connectivity index is 1.66. The Bertz CT molecular complexity index is 2220. The van der Waals surface area contributed by atoms with Gasteiger partial charge in [-0.1, -0.05) is 76.2 Å². The summed E-state index contributed by atoms with van der Waals surface area (Å²) in [6, 6.07) is 22.0. The maximum atomic E-state index is 12.3. The van der Waals surface area contributed by atoms with E-state index in [1.165, 1.54) is 12.4 Å². The van der Waals surface area contributed by atoms with Crippen molar-refractivity contribution < 1.29 is 30.6 Å². The minimum atomic E-state index is -0.453. The van der Waals surface area contributed by atoms with Crippen LogP contribution in [0.25, 0.3) is 32.7 Å². The Morgan fingerprint density at radius 3 is 1.17 bits per heavy atom. The summed E-state index contributed by atoms with van der Waals surface area (Å²) in [7, 11) is 0. The topological polar surface area (TPSA) is 170 Å². The van der Waals surface area contributed by atoms with Gasteiger partial charge in [0.25, 0.3) is 0 Å². The van der Waals surface area contributed by atoms with Gasteiger partial charge in [0, 0.05) is 33.0 Å². The van der Waals surface area contributed by atoms with Gasteiger partial charge in [0.15, 0.2) is 23.0 Å². The lowest BCUT2D eigenvalue weighted by molar-refractivity contribution is 0.398. The van der Waals surface area contributed by atoms with Crippen LogP contribution in [0.5, 0.6) is 34.5 Å². The number of aromatic hydroxyl groups is 6. The summed E-state index contributed by atoms with van der Waals surface area (Å²) < 4.78 is 0. The highest BCUT2D eigenvalue weighted by atomic mass is 16.3. The minimum absolute atomic E-state index is 0.0708. The fraction of sp³-hybridized carbons (Fsp3) is 0.190. The molecule has 0 aliphatic rings. The second-order valence-corrected chi connectivity index (χ2v) is 13.5. The van der Waals surface area contributed by atoms with E-state index < -0.39 is 11.5 Å². The molecule has 0 atom stereocenters. The third kappa shape index (κ3) is 6.12. The first-order valence-corrected chi connectivity index (χ1v) is 17.0. The van der Waals surface area contributed by atoms with Crippen LogP contribution in [0.15, 0.2) is 83.0 Å². The molecule has 0 spiro atoms. The summed E-state index contributed by atoms with van der Waals surface area (Å²) in [5.74, 6) is -2.51. The summed E-state index contributed by atoms with van der Waals surface area (Å²) in [6.07, 6.45) is 2.68. The molecule has 0 fully saturated rings. The van der Waals surface area contributed by atoms with Gasteiger partial charge in [-0.25, -0.2) is 0 Å². The van der Waals surface area contributed by atoms with Gasteiger partial charge in [0.1, 0.15) is 11.5 Å². The SMILES string of the molecule is Cc1cc2c(C(C)C)c(O)c(O)c(/C=N/Nc3ccccc3)c2c(O)c1-c1c(C)cc2c(C(C)C)c(O)c(O)c(/C=N/Nc3ccccc3)c2c1O. The van der Waals surface area contributed by atoms with E-state index in [9.17, 15) is 30.6 Å². The summed E-state index contributed by atoms with van der Waals surface area (Å²) >= 11 is 0. The summed E-state index contributed by atoms with van der Waals surface area (Å²) in [5.41, 5.74) is 9.93. The van der Waals surface area contributed by atoms with Crippen LogP contribution < -0.4 is 10.9 Å². The van der Waals surface area contributed by atoms with Crippen molar-refractivity contribution in [3.05, 3.63) is 106 Å². The number of hydrogen-bond donors (Lipinski definition) is 8. The Hall–Kier alpha value is -6.42. The minimum Gasteiger partial charge on any atom is -0.507 e. The molecule has 10 nitrogen and oxygen atoms in total. The molecule has 0 radical (unpaired) electrons. The van der Waals surface area contributed by atoms with E-state index in [1.54, 1.807) is 13.8 Å². The molecule has 6 rings (SSSR count). The van der Waals surface area contributed by atoms with Crippen LogP contribution in [0, 0.1) is 13.8 Å². The van der Waals surface area contributed by atoms with Gasteiger partial charge in [0.2, 0.25) is 0 Å². The number of rotatable bonds is 9. The average molecular weight is 699 g/mol. The number of aryl methyl sites for hydroxylation is 2. The van der Waals surface area contributed by atoms with Crippen molar-refractivity contribution in [3.63, 3.8) is 0 Å². The Morgan fingerprint density at radius 1 is 0.500 bits per heavy atom. The number of phenols is 6. The van der Waals surface area contributed by atoms with Gasteiger partial charge >= 0.3 is 0 Å². The smallest absolute Gasteiger partial charge is 0.167 e. The lowest BCUT2D eigenvalue weighted by Gasteiger charge is -2.23. The number of hydrazone groups is 2. The molecule has 8 N–H and O–H groups in total. The van der Waals surface area contributed by atoms with Crippen LogP contribution in [0.1, 0.15) is 72.9 Å². The molecule has 0 aliphatic heterocycles. The molecule has 0 heterocycles. The molecule has 10 heteroatoms. The molecule has 6 aromatic rings. The van der Waals surface area contributed by atoms with E-state index >= 15 is 0 Å². The van der Waals surface area contributed by atoms with Crippen LogP contribution >= 0.6 is 0 Å². The van der Waals surface area contributed by atoms with Crippen LogP contribution in [-0.4, -0.2) is 43.1 Å². The van der Waals surface area contributed by atoms with Crippen LogP contribution in [0.2, 0.25) is 0 Å². The normalized spacial score (nSPS) is 11.9. The predicted octanol–water partition coefficient (Wildman–Crippen LogP) is 9.65. The second-order valence-electron chi connectivity index (χ2n) is 13.5. The number of para-hydroxylation sites is 2. The highest BCUT2D eigenvalue weighted by Gasteiger charge is 2.29. The van der Waals surface area contributed by atoms with E-state index in [0.717, 1.165) is 0 Å². The first-order chi connectivity index (χ1) is 24.8. The maximum absolute atomic E-state index is 12.3. The molecule has 0 saturated carbocycles. The van der Waals surface area contributed by atoms with Crippen LogP contribution in [0.4, 0.5) is 11.4 Å². The molecular formula is C42H42N4O6. The first kappa shape index (κ1) is 35.4. The lowest BCUT2D eigenvalue weighted by Crippen LogP contribution is -2.02. The second kappa shape index (κ2) is 14.1. The lowest BCUT2D eigenvalue weighted by atomic mass is 9.83. The number of anilines is 2. The number of benzene rings is 6. The molecule has 0 aliphatic carbocycles. The van der Waals surface area contributed by atoms with E-state index in [4.69, 9.17) is 0 Å². The van der Waals surface area contributed by atoms with Crippen molar-refractivity contribution in [2.45, 2.75) is 53.4 Å². The maximum Gasteiger partial charge on any atom is 0.167 e. The number of hydrogen-bond acceptors (Lipinski definition) is 10. The van der Waals surface area contributed by atoms with Gasteiger partial charge in [0.05, 0.1) is 34.9 Å². The fourth-order valence-electron chi connectivity index (χ4n) is 6.99. The average Bonchev–Trinajstić information content (AvgIpc) is 3.10. The number of nitrogens with zero attached hydrogens (tertiary/aromatic N) is 2. The van der Waals surface area contributed by atoms with E-state index in [1.807, 2.05) is 100 Å². The fourth-order valence-corrected chi connectivity index (χ4v) is 6.99. The number of nitrogens with one attached hydrogen (secondary N) is 2. The molecule has 0 bridgehead atoms. The van der Waals surface area contributed by atoms with Crippen molar-refractivity contribution in [2.24, 2.45) is 10.2 Å². The van der Waals surface area contributed by atoms with E-state index in [0.29, 0.717) is 44.4 Å². The summed E-state index contributed by atoms with van der Waals surface area (Å²) in [6.45, 7) is 11.1. The van der Waals surface area contributed by atoms with Gasteiger partial charge < -0.3 is 30.6 Å². The van der Waals surface area contributed by atoms with E-state index in [2.05, 4.69) is 21.1 Å². The van der Waals surface area contributed by atoms with Gasteiger partial charge in [-0.2, -0.15) is 10.2 Å². The Morgan fingerprint density at radius 2 is 0.846 bits per heavy atom. The predicted molar refractivity (Wildman–Crippen MR) is 210 cm³/mol. The Labute approximate surface area is 301 Å². The largest absolute Gasteiger partial charge is 0.507 e. The molecule has 0 unspecified atom stereocenters. The zero-order chi connectivity index (χ0) is 37.4. The summed E-state index contributed by atoms with van der Waals surface area (Å²) in [5, 5.41) is 79.8. The number of phenolic OH excluding ortho intramolecular Hbond substituents is 6. The molecule has 0 amide bonds. The van der Waals surface area contributed by atoms with Crippen molar-refractivity contribution >= 4 is 45.3 Å². The van der Waals surface area contributed by atoms with Gasteiger partial charge in [-0.15, -0.1) is 0 Å².